The minimum atomic E-state index is -1.25. The van der Waals surface area contributed by atoms with Crippen LogP contribution >= 0.6 is 0 Å². The Morgan fingerprint density at radius 1 is 0.849 bits per heavy atom. The lowest BCUT2D eigenvalue weighted by Gasteiger charge is -2.36. The molecule has 3 amide bonds. The molecule has 4 aromatic carbocycles. The van der Waals surface area contributed by atoms with E-state index in [4.69, 9.17) is 4.74 Å². The highest BCUT2D eigenvalue weighted by molar-refractivity contribution is 6.00. The Hall–Kier alpha value is -5.54. The molecule has 0 radical (unpaired) electrons. The van der Waals surface area contributed by atoms with Crippen molar-refractivity contribution in [2.75, 3.05) is 18.5 Å². The lowest BCUT2D eigenvalue weighted by molar-refractivity contribution is -0.151. The molecule has 0 unspecified atom stereocenters. The molecule has 4 atom stereocenters. The lowest BCUT2D eigenvalue weighted by atomic mass is 9.92. The van der Waals surface area contributed by atoms with Crippen molar-refractivity contribution in [3.05, 3.63) is 139 Å². The van der Waals surface area contributed by atoms with Gasteiger partial charge in [0.2, 0.25) is 11.8 Å². The topological polar surface area (TPSA) is 125 Å². The van der Waals surface area contributed by atoms with Crippen LogP contribution in [0, 0.1) is 11.8 Å². The second kappa shape index (κ2) is 19.3. The molecular weight excluding hydrogens is 666 g/mol. The van der Waals surface area contributed by atoms with E-state index in [1.165, 1.54) is 0 Å². The molecule has 0 saturated heterocycles. The van der Waals surface area contributed by atoms with E-state index in [0.29, 0.717) is 31.5 Å². The molecule has 4 aromatic rings. The van der Waals surface area contributed by atoms with Crippen molar-refractivity contribution in [2.45, 2.75) is 63.6 Å². The molecule has 0 aromatic heterocycles. The molecule has 0 saturated carbocycles. The zero-order chi connectivity index (χ0) is 37.6. The first-order chi connectivity index (χ1) is 25.8. The molecule has 1 aliphatic heterocycles. The van der Waals surface area contributed by atoms with Crippen LogP contribution in [-0.2, 0) is 43.3 Å². The Morgan fingerprint density at radius 2 is 1.57 bits per heavy atom. The third-order valence-electron chi connectivity index (χ3n) is 9.79. The Balaban J connectivity index is 1.32. The van der Waals surface area contributed by atoms with Gasteiger partial charge >= 0.3 is 5.97 Å². The third-order valence-corrected chi connectivity index (χ3v) is 9.79. The fourth-order valence-corrected chi connectivity index (χ4v) is 6.82. The van der Waals surface area contributed by atoms with E-state index >= 15 is 0 Å². The summed E-state index contributed by atoms with van der Waals surface area (Å²) < 4.78 is 5.81. The van der Waals surface area contributed by atoms with Gasteiger partial charge in [-0.15, -0.1) is 13.2 Å². The summed E-state index contributed by atoms with van der Waals surface area (Å²) in [5.74, 6) is -3.17. The number of ether oxygens (including phenoxy) is 1. The first-order valence-electron chi connectivity index (χ1n) is 18.3. The molecule has 1 heterocycles. The molecule has 0 spiro atoms. The van der Waals surface area contributed by atoms with Crippen molar-refractivity contribution in [1.82, 2.24) is 10.2 Å². The lowest BCUT2D eigenvalue weighted by Crippen LogP contribution is -2.51. The summed E-state index contributed by atoms with van der Waals surface area (Å²) in [6.45, 7) is 7.31. The zero-order valence-corrected chi connectivity index (χ0v) is 30.1. The van der Waals surface area contributed by atoms with Gasteiger partial charge in [-0.1, -0.05) is 97.1 Å². The van der Waals surface area contributed by atoms with Crippen molar-refractivity contribution in [1.29, 1.82) is 0 Å². The maximum absolute atomic E-state index is 13.9. The third kappa shape index (κ3) is 10.7. The maximum Gasteiger partial charge on any atom is 0.309 e. The van der Waals surface area contributed by atoms with Gasteiger partial charge in [-0.05, 0) is 78.1 Å². The highest BCUT2D eigenvalue weighted by Crippen LogP contribution is 2.26. The smallest absolute Gasteiger partial charge is 0.309 e. The van der Waals surface area contributed by atoms with Gasteiger partial charge in [0.05, 0.1) is 24.5 Å². The normalized spacial score (nSPS) is 15.3. The van der Waals surface area contributed by atoms with E-state index in [0.717, 1.165) is 40.3 Å². The number of carbonyl (C=O) groups excluding carboxylic acids is 4. The SMILES string of the molecule is C=CCCC[C@H](Cc1ccccc1)C(=O)OC[C@H](NC(=O)[C@H](CC=C)CC(=O)N1Cc2ccccc2C[C@H]1CO)C(=O)Nc1ccc2ccccc2c1. The average molecular weight is 716 g/mol. The average Bonchev–Trinajstić information content (AvgIpc) is 3.18. The molecule has 276 valence electrons. The van der Waals surface area contributed by atoms with Crippen molar-refractivity contribution in [3.63, 3.8) is 0 Å². The van der Waals surface area contributed by atoms with E-state index in [-0.39, 0.29) is 25.4 Å². The summed E-state index contributed by atoms with van der Waals surface area (Å²) >= 11 is 0. The molecule has 1 aliphatic rings. The van der Waals surface area contributed by atoms with E-state index in [2.05, 4.69) is 23.8 Å². The Labute approximate surface area is 311 Å². The number of nitrogens with one attached hydrogen (secondary N) is 2. The number of rotatable bonds is 18. The predicted octanol–water partition coefficient (Wildman–Crippen LogP) is 6.55. The number of benzene rings is 4. The van der Waals surface area contributed by atoms with Gasteiger partial charge in [0.15, 0.2) is 0 Å². The van der Waals surface area contributed by atoms with Crippen LogP contribution in [0.3, 0.4) is 0 Å². The second-order valence-corrected chi connectivity index (χ2v) is 13.6. The van der Waals surface area contributed by atoms with Crippen LogP contribution in [0.4, 0.5) is 5.69 Å². The summed E-state index contributed by atoms with van der Waals surface area (Å²) in [6, 6.07) is 29.0. The number of carbonyl (C=O) groups is 4. The van der Waals surface area contributed by atoms with E-state index in [9.17, 15) is 24.3 Å². The molecule has 9 nitrogen and oxygen atoms in total. The summed E-state index contributed by atoms with van der Waals surface area (Å²) in [5, 5.41) is 17.8. The Morgan fingerprint density at radius 3 is 2.30 bits per heavy atom. The van der Waals surface area contributed by atoms with Gasteiger partial charge in [-0.3, -0.25) is 19.2 Å². The zero-order valence-electron chi connectivity index (χ0n) is 30.1. The number of esters is 1. The number of allylic oxidation sites excluding steroid dienone is 2. The van der Waals surface area contributed by atoms with Crippen molar-refractivity contribution in [2.24, 2.45) is 11.8 Å². The van der Waals surface area contributed by atoms with Gasteiger partial charge in [-0.2, -0.15) is 0 Å². The van der Waals surface area contributed by atoms with E-state index in [1.807, 2.05) is 97.1 Å². The van der Waals surface area contributed by atoms with Gasteiger partial charge in [0.1, 0.15) is 12.6 Å². The minimum Gasteiger partial charge on any atom is -0.463 e. The largest absolute Gasteiger partial charge is 0.463 e. The fourth-order valence-electron chi connectivity index (χ4n) is 6.82. The quantitative estimate of drug-likeness (QED) is 0.0610. The minimum absolute atomic E-state index is 0.155. The number of amides is 3. The fraction of sp³-hybridized carbons (Fsp3) is 0.318. The van der Waals surface area contributed by atoms with Gasteiger partial charge in [0, 0.05) is 18.7 Å². The molecule has 0 bridgehead atoms. The number of aliphatic hydroxyl groups is 1. The first kappa shape index (κ1) is 38.7. The molecular formula is C44H49N3O6. The highest BCUT2D eigenvalue weighted by atomic mass is 16.5. The second-order valence-electron chi connectivity index (χ2n) is 13.6. The Kier molecular flexibility index (Phi) is 14.1. The molecule has 0 aliphatic carbocycles. The van der Waals surface area contributed by atoms with Crippen LogP contribution in [0.2, 0.25) is 0 Å². The Bertz CT molecular complexity index is 1890. The number of hydrogen-bond acceptors (Lipinski definition) is 6. The van der Waals surface area contributed by atoms with Crippen LogP contribution < -0.4 is 10.6 Å². The van der Waals surface area contributed by atoms with Crippen LogP contribution in [0.5, 0.6) is 0 Å². The number of unbranched alkanes of at least 4 members (excludes halogenated alkanes) is 1. The number of fused-ring (bicyclic) bond motifs is 2. The molecule has 53 heavy (non-hydrogen) atoms. The maximum atomic E-state index is 13.9. The van der Waals surface area contributed by atoms with Crippen molar-refractivity contribution in [3.8, 4) is 0 Å². The molecule has 0 fully saturated rings. The number of hydrogen-bond donors (Lipinski definition) is 3. The van der Waals surface area contributed by atoms with Crippen LogP contribution in [-0.4, -0.2) is 59.0 Å². The number of anilines is 1. The van der Waals surface area contributed by atoms with Gasteiger partial charge in [-0.25, -0.2) is 0 Å². The van der Waals surface area contributed by atoms with Gasteiger partial charge < -0.3 is 25.4 Å². The van der Waals surface area contributed by atoms with Gasteiger partial charge in [0.25, 0.3) is 5.91 Å². The molecule has 3 N–H and O–H groups in total. The predicted molar refractivity (Wildman–Crippen MR) is 208 cm³/mol. The summed E-state index contributed by atoms with van der Waals surface area (Å²) in [7, 11) is 0. The standard InChI is InChI=1S/C44H49N3O6/c1-3-5-7-20-36(24-31-15-8-6-9-16-31)44(52)53-30-40(43(51)45-38-23-22-32-17-10-11-18-33(32)25-38)46-42(50)35(14-4-2)27-41(49)47-28-37-21-13-12-19-34(37)26-39(47)29-48/h3-4,6,8-13,15-19,21-23,25,35-36,39-40,48H,1-2,5,7,14,20,24,26-30H2,(H,45,51)(H,46,50)/t35-,36-,39+,40+/m1/s1. The van der Waals surface area contributed by atoms with Crippen LogP contribution in [0.1, 0.15) is 48.8 Å². The van der Waals surface area contributed by atoms with E-state index < -0.39 is 48.3 Å². The van der Waals surface area contributed by atoms with Crippen molar-refractivity contribution < 1.29 is 29.0 Å². The highest BCUT2D eigenvalue weighted by Gasteiger charge is 2.34. The number of aliphatic hydroxyl groups excluding tert-OH is 1. The summed E-state index contributed by atoms with van der Waals surface area (Å²) in [4.78, 5) is 56.7. The number of nitrogens with zero attached hydrogens (tertiary/aromatic N) is 1. The monoisotopic (exact) mass is 715 g/mol. The first-order valence-corrected chi connectivity index (χ1v) is 18.3. The van der Waals surface area contributed by atoms with Crippen molar-refractivity contribution >= 4 is 40.2 Å². The summed E-state index contributed by atoms with van der Waals surface area (Å²) in [6.07, 6.45) is 6.44. The van der Waals surface area contributed by atoms with Crippen LogP contribution in [0.25, 0.3) is 10.8 Å². The molecule has 9 heteroatoms. The summed E-state index contributed by atoms with van der Waals surface area (Å²) in [5.41, 5.74) is 3.59. The molecule has 5 rings (SSSR count). The van der Waals surface area contributed by atoms with Crippen LogP contribution in [0.15, 0.2) is 122 Å². The van der Waals surface area contributed by atoms with E-state index in [1.54, 1.807) is 17.0 Å².